The highest BCUT2D eigenvalue weighted by molar-refractivity contribution is 6.57. The molecule has 1 amide bonds. The number of benzene rings is 1. The van der Waals surface area contributed by atoms with Crippen molar-refractivity contribution in [3.63, 3.8) is 0 Å². The smallest absolute Gasteiger partial charge is 0.341 e. The zero-order chi connectivity index (χ0) is 26.6. The van der Waals surface area contributed by atoms with Crippen molar-refractivity contribution >= 4 is 46.7 Å². The number of alkyl halides is 3. The molecule has 0 radical (unpaired) electrons. The summed E-state index contributed by atoms with van der Waals surface area (Å²) in [6.45, 7) is 6.75. The van der Waals surface area contributed by atoms with Crippen molar-refractivity contribution in [3.05, 3.63) is 33.9 Å². The number of fused-ring (bicyclic) bond motifs is 1. The van der Waals surface area contributed by atoms with Crippen LogP contribution in [0.4, 0.5) is 10.1 Å². The van der Waals surface area contributed by atoms with Gasteiger partial charge in [0.25, 0.3) is 5.91 Å². The van der Waals surface area contributed by atoms with E-state index in [1.165, 1.54) is 7.11 Å². The molecule has 2 aliphatic heterocycles. The number of aliphatic carboxylic acids is 1. The number of carbonyl (C=O) groups is 3. The first-order chi connectivity index (χ1) is 16.9. The van der Waals surface area contributed by atoms with E-state index in [9.17, 15) is 23.9 Å². The number of rotatable bonds is 11. The van der Waals surface area contributed by atoms with Crippen LogP contribution in [-0.4, -0.2) is 65.9 Å². The van der Waals surface area contributed by atoms with Gasteiger partial charge in [-0.3, -0.25) is 14.5 Å². The summed E-state index contributed by atoms with van der Waals surface area (Å²) in [4.78, 5) is 38.8. The fourth-order valence-corrected chi connectivity index (χ4v) is 4.61. The largest absolute Gasteiger partial charge is 0.496 e. The number of anilines is 1. The third kappa shape index (κ3) is 6.47. The third-order valence-corrected chi connectivity index (χ3v) is 6.82. The summed E-state index contributed by atoms with van der Waals surface area (Å²) in [6, 6.07) is 0. The monoisotopic (exact) mass is 545 g/mol. The average molecular weight is 546 g/mol. The Labute approximate surface area is 218 Å². The van der Waals surface area contributed by atoms with Gasteiger partial charge in [-0.05, 0) is 38.7 Å². The van der Waals surface area contributed by atoms with E-state index in [0.717, 1.165) is 25.3 Å². The number of esters is 1. The topological polar surface area (TPSA) is 117 Å². The number of allylic oxidation sites excluding steroid dienone is 2. The van der Waals surface area contributed by atoms with Gasteiger partial charge in [0.15, 0.2) is 0 Å². The number of amides is 1. The molecular weight excluding hydrogens is 516 g/mol. The Morgan fingerprint density at radius 3 is 2.72 bits per heavy atom. The molecule has 1 saturated heterocycles. The molecule has 1 aromatic rings. The van der Waals surface area contributed by atoms with Crippen LogP contribution in [0.15, 0.2) is 11.6 Å². The van der Waals surface area contributed by atoms with Crippen LogP contribution >= 0.6 is 23.2 Å². The zero-order valence-electron chi connectivity index (χ0n) is 20.4. The van der Waals surface area contributed by atoms with Crippen LogP contribution in [0.1, 0.15) is 46.8 Å². The van der Waals surface area contributed by atoms with Crippen LogP contribution in [0.25, 0.3) is 0 Å². The second-order valence-electron chi connectivity index (χ2n) is 8.95. The minimum absolute atomic E-state index is 0.00337. The van der Waals surface area contributed by atoms with E-state index in [1.807, 2.05) is 6.92 Å². The van der Waals surface area contributed by atoms with Gasteiger partial charge in [0, 0.05) is 37.4 Å². The highest BCUT2D eigenvalue weighted by atomic mass is 35.5. The van der Waals surface area contributed by atoms with Crippen molar-refractivity contribution < 1.29 is 33.4 Å². The lowest BCUT2D eigenvalue weighted by Gasteiger charge is -2.21. The first kappa shape index (κ1) is 28.2. The summed E-state index contributed by atoms with van der Waals surface area (Å²) in [7, 11) is 1.44. The maximum atomic E-state index is 13.9. The summed E-state index contributed by atoms with van der Waals surface area (Å²) in [6.07, 6.45) is 2.79. The molecular formula is C24H30Cl2FN3O6. The molecule has 0 aliphatic carbocycles. The van der Waals surface area contributed by atoms with Gasteiger partial charge < -0.3 is 25.2 Å². The Kier molecular flexibility index (Phi) is 9.21. The Morgan fingerprint density at radius 2 is 2.14 bits per heavy atom. The Balaban J connectivity index is 1.90. The molecule has 1 fully saturated rings. The molecule has 0 saturated carbocycles. The van der Waals surface area contributed by atoms with Crippen molar-refractivity contribution in [1.82, 2.24) is 10.2 Å². The van der Waals surface area contributed by atoms with E-state index in [2.05, 4.69) is 15.5 Å². The molecule has 1 aromatic carbocycles. The van der Waals surface area contributed by atoms with Gasteiger partial charge in [0.1, 0.15) is 12.4 Å². The molecule has 1 unspecified atom stereocenters. The fourth-order valence-electron chi connectivity index (χ4n) is 4.52. The van der Waals surface area contributed by atoms with Crippen LogP contribution in [0.3, 0.4) is 0 Å². The van der Waals surface area contributed by atoms with Crippen molar-refractivity contribution in [2.24, 2.45) is 5.92 Å². The fraction of sp³-hybridized carbons (Fsp3) is 0.542. The Bertz CT molecular complexity index is 1070. The van der Waals surface area contributed by atoms with E-state index in [4.69, 9.17) is 32.7 Å². The highest BCUT2D eigenvalue weighted by Crippen LogP contribution is 2.42. The van der Waals surface area contributed by atoms with E-state index < -0.39 is 28.4 Å². The lowest BCUT2D eigenvalue weighted by Crippen LogP contribution is -2.29. The SMILES string of the molecule is COc1c(C)c2c(c(NC(=O)C(F)(Cl)Cl)c1C/C=C(\C)CC(CCN1CCNC1)C(=O)O)C(=O)OC2. The predicted octanol–water partition coefficient (Wildman–Crippen LogP) is 3.55. The number of nitrogens with one attached hydrogen (secondary N) is 2. The maximum absolute atomic E-state index is 13.9. The standard InChI is InChI=1S/C24H30Cl2FN3O6/c1-13(10-15(21(31)32)6-8-30-9-7-28-12-30)4-5-16-19(29-23(34)24(25,26)27)18-17(11-36-22(18)33)14(2)20(16)35-3/h4,15,28H,5-12H2,1-3H3,(H,29,34)(H,31,32)/b13-4+. The minimum atomic E-state index is -3.23. The molecule has 2 heterocycles. The number of carboxylic acids is 1. The molecule has 3 N–H and O–H groups in total. The number of carboxylic acid groups (broad SMARTS) is 1. The first-order valence-corrected chi connectivity index (χ1v) is 12.3. The van der Waals surface area contributed by atoms with E-state index in [1.54, 1.807) is 13.0 Å². The second-order valence-corrected chi connectivity index (χ2v) is 10.2. The van der Waals surface area contributed by atoms with Crippen LogP contribution in [-0.2, 0) is 27.4 Å². The Morgan fingerprint density at radius 1 is 1.42 bits per heavy atom. The molecule has 12 heteroatoms. The summed E-state index contributed by atoms with van der Waals surface area (Å²) in [5.74, 6) is -3.09. The molecule has 198 valence electrons. The van der Waals surface area contributed by atoms with Crippen molar-refractivity contribution in [2.75, 3.05) is 38.7 Å². The number of cyclic esters (lactones) is 1. The number of ether oxygens (including phenoxy) is 2. The molecule has 0 bridgehead atoms. The van der Waals surface area contributed by atoms with Gasteiger partial charge in [0.05, 0.1) is 24.3 Å². The molecule has 0 aromatic heterocycles. The summed E-state index contributed by atoms with van der Waals surface area (Å²) < 4.78 is 21.4. The number of halogens is 3. The number of methoxy groups -OCH3 is 1. The number of carbonyl (C=O) groups excluding carboxylic acids is 2. The molecule has 3 rings (SSSR count). The number of hydrogen-bond acceptors (Lipinski definition) is 7. The van der Waals surface area contributed by atoms with Crippen LogP contribution < -0.4 is 15.4 Å². The van der Waals surface area contributed by atoms with E-state index in [-0.39, 0.29) is 24.3 Å². The van der Waals surface area contributed by atoms with Crippen molar-refractivity contribution in [3.8, 4) is 5.75 Å². The third-order valence-electron chi connectivity index (χ3n) is 6.48. The molecule has 2 aliphatic rings. The van der Waals surface area contributed by atoms with Crippen LogP contribution in [0, 0.1) is 12.8 Å². The average Bonchev–Trinajstić information content (AvgIpc) is 3.46. The van der Waals surface area contributed by atoms with Gasteiger partial charge >= 0.3 is 16.5 Å². The number of nitrogens with zero attached hydrogens (tertiary/aromatic N) is 1. The molecule has 9 nitrogen and oxygen atoms in total. The zero-order valence-corrected chi connectivity index (χ0v) is 21.9. The lowest BCUT2D eigenvalue weighted by atomic mass is 9.92. The van der Waals surface area contributed by atoms with Crippen LogP contribution in [0.2, 0.25) is 0 Å². The maximum Gasteiger partial charge on any atom is 0.341 e. The molecule has 0 spiro atoms. The van der Waals surface area contributed by atoms with Gasteiger partial charge in [-0.2, -0.15) is 4.39 Å². The van der Waals surface area contributed by atoms with Gasteiger partial charge in [-0.25, -0.2) is 4.79 Å². The van der Waals surface area contributed by atoms with Gasteiger partial charge in [-0.15, -0.1) is 0 Å². The lowest BCUT2D eigenvalue weighted by molar-refractivity contribution is -0.142. The highest BCUT2D eigenvalue weighted by Gasteiger charge is 2.38. The second kappa shape index (κ2) is 11.8. The molecule has 1 atom stereocenters. The van der Waals surface area contributed by atoms with E-state index >= 15 is 0 Å². The molecule has 36 heavy (non-hydrogen) atoms. The first-order valence-electron chi connectivity index (χ1n) is 11.5. The quantitative estimate of drug-likeness (QED) is 0.219. The van der Waals surface area contributed by atoms with Crippen LogP contribution in [0.5, 0.6) is 5.75 Å². The van der Waals surface area contributed by atoms with Gasteiger partial charge in [-0.1, -0.05) is 34.9 Å². The summed E-state index contributed by atoms with van der Waals surface area (Å²) >= 11 is 10.7. The predicted molar refractivity (Wildman–Crippen MR) is 133 cm³/mol. The van der Waals surface area contributed by atoms with Gasteiger partial charge in [0.2, 0.25) is 0 Å². The minimum Gasteiger partial charge on any atom is -0.496 e. The normalized spacial score (nSPS) is 17.1. The van der Waals surface area contributed by atoms with E-state index in [0.29, 0.717) is 41.8 Å². The summed E-state index contributed by atoms with van der Waals surface area (Å²) in [5.41, 5.74) is 2.44. The number of hydrogen-bond donors (Lipinski definition) is 3. The summed E-state index contributed by atoms with van der Waals surface area (Å²) in [5, 5.41) is 15.3. The van der Waals surface area contributed by atoms with Crippen molar-refractivity contribution in [1.29, 1.82) is 0 Å². The van der Waals surface area contributed by atoms with Crippen molar-refractivity contribution in [2.45, 2.75) is 44.3 Å². The Hall–Kier alpha value is -2.40.